The fourth-order valence-corrected chi connectivity index (χ4v) is 5.61. The Bertz CT molecular complexity index is 950. The van der Waals surface area contributed by atoms with Crippen molar-refractivity contribution in [3.63, 3.8) is 0 Å². The van der Waals surface area contributed by atoms with Crippen LogP contribution in [0.3, 0.4) is 0 Å². The van der Waals surface area contributed by atoms with E-state index in [2.05, 4.69) is 57.0 Å². The van der Waals surface area contributed by atoms with Crippen LogP contribution in [0.15, 0.2) is 30.6 Å². The standard InChI is InChI=1S/C25H34N2O3Si/c1-25(2,3)22(30-31(4)5)16-29-21-13-20(14-26-15-21)19-11-17-7-6-10-27-23(28)9-8-18(12-19)24(17)27/h11-15,22,31H,6-10,16H2,1-5H3. The highest BCUT2D eigenvalue weighted by molar-refractivity contribution is 6.48. The minimum absolute atomic E-state index is 0.0206. The quantitative estimate of drug-likeness (QED) is 0.610. The molecule has 1 unspecified atom stereocenters. The molecule has 166 valence electrons. The number of anilines is 1. The van der Waals surface area contributed by atoms with E-state index in [1.54, 1.807) is 6.20 Å². The maximum absolute atomic E-state index is 12.3. The summed E-state index contributed by atoms with van der Waals surface area (Å²) in [6.45, 7) is 12.3. The minimum atomic E-state index is -1.16. The van der Waals surface area contributed by atoms with Crippen LogP contribution in [0, 0.1) is 5.41 Å². The number of aryl methyl sites for hydroxylation is 2. The van der Waals surface area contributed by atoms with Gasteiger partial charge in [-0.05, 0) is 72.7 Å². The zero-order valence-corrected chi connectivity index (χ0v) is 20.6. The molecular formula is C25H34N2O3Si. The summed E-state index contributed by atoms with van der Waals surface area (Å²) >= 11 is 0. The Morgan fingerprint density at radius 3 is 2.52 bits per heavy atom. The van der Waals surface area contributed by atoms with E-state index in [1.807, 2.05) is 11.1 Å². The van der Waals surface area contributed by atoms with Crippen LogP contribution in [0.5, 0.6) is 5.75 Å². The number of carbonyl (C=O) groups excluding carboxylic acids is 1. The Morgan fingerprint density at radius 2 is 1.81 bits per heavy atom. The second-order valence-electron chi connectivity index (χ2n) is 10.1. The lowest BCUT2D eigenvalue weighted by Crippen LogP contribution is -2.39. The molecule has 0 bridgehead atoms. The number of amides is 1. The first-order valence-electron chi connectivity index (χ1n) is 11.4. The third-order valence-electron chi connectivity index (χ3n) is 6.13. The second kappa shape index (κ2) is 8.75. The van der Waals surface area contributed by atoms with Gasteiger partial charge in [-0.1, -0.05) is 20.8 Å². The predicted octanol–water partition coefficient (Wildman–Crippen LogP) is 4.77. The van der Waals surface area contributed by atoms with Crippen molar-refractivity contribution in [1.82, 2.24) is 4.98 Å². The zero-order valence-electron chi connectivity index (χ0n) is 19.4. The van der Waals surface area contributed by atoms with Gasteiger partial charge in [0, 0.05) is 24.7 Å². The summed E-state index contributed by atoms with van der Waals surface area (Å²) < 4.78 is 12.4. The van der Waals surface area contributed by atoms with E-state index < -0.39 is 9.04 Å². The highest BCUT2D eigenvalue weighted by atomic mass is 28.3. The van der Waals surface area contributed by atoms with E-state index in [1.165, 1.54) is 11.1 Å². The molecule has 3 heterocycles. The molecule has 0 saturated heterocycles. The first kappa shape index (κ1) is 22.0. The number of pyridine rings is 1. The monoisotopic (exact) mass is 438 g/mol. The molecule has 1 amide bonds. The van der Waals surface area contributed by atoms with Crippen molar-refractivity contribution in [2.75, 3.05) is 18.1 Å². The summed E-state index contributed by atoms with van der Waals surface area (Å²) in [5.41, 5.74) is 5.95. The molecule has 2 aromatic rings. The van der Waals surface area contributed by atoms with E-state index in [0.717, 1.165) is 48.4 Å². The SMILES string of the molecule is C[SiH](C)OC(COc1cncc(-c2cc3c4c(c2)CCC(=O)N4CCC3)c1)C(C)(C)C. The number of ether oxygens (including phenoxy) is 1. The first-order chi connectivity index (χ1) is 14.7. The van der Waals surface area contributed by atoms with E-state index in [-0.39, 0.29) is 17.4 Å². The normalized spacial score (nSPS) is 17.0. The number of aromatic nitrogens is 1. The van der Waals surface area contributed by atoms with Gasteiger partial charge in [0.2, 0.25) is 5.91 Å². The number of hydrogen-bond donors (Lipinski definition) is 0. The van der Waals surface area contributed by atoms with Gasteiger partial charge in [-0.3, -0.25) is 9.78 Å². The minimum Gasteiger partial charge on any atom is -0.489 e. The lowest BCUT2D eigenvalue weighted by Gasteiger charge is -2.35. The highest BCUT2D eigenvalue weighted by Gasteiger charge is 2.30. The Morgan fingerprint density at radius 1 is 1.06 bits per heavy atom. The van der Waals surface area contributed by atoms with Gasteiger partial charge in [-0.25, -0.2) is 0 Å². The average Bonchev–Trinajstić information content (AvgIpc) is 2.72. The van der Waals surface area contributed by atoms with E-state index in [0.29, 0.717) is 13.0 Å². The third-order valence-corrected chi connectivity index (χ3v) is 7.00. The van der Waals surface area contributed by atoms with Crippen LogP contribution in [0.4, 0.5) is 5.69 Å². The lowest BCUT2D eigenvalue weighted by atomic mass is 9.88. The summed E-state index contributed by atoms with van der Waals surface area (Å²) in [5, 5.41) is 0. The van der Waals surface area contributed by atoms with E-state index >= 15 is 0 Å². The molecule has 6 heteroatoms. The molecule has 0 N–H and O–H groups in total. The molecule has 0 saturated carbocycles. The fraction of sp³-hybridized carbons (Fsp3) is 0.520. The van der Waals surface area contributed by atoms with Crippen LogP contribution in [0.1, 0.15) is 44.7 Å². The van der Waals surface area contributed by atoms with Crippen LogP contribution >= 0.6 is 0 Å². The van der Waals surface area contributed by atoms with Crippen molar-refractivity contribution >= 4 is 20.6 Å². The highest BCUT2D eigenvalue weighted by Crippen LogP contribution is 2.39. The van der Waals surface area contributed by atoms with Crippen molar-refractivity contribution < 1.29 is 14.0 Å². The number of benzene rings is 1. The summed E-state index contributed by atoms with van der Waals surface area (Å²) in [5.74, 6) is 1.03. The summed E-state index contributed by atoms with van der Waals surface area (Å²) in [6, 6.07) is 6.54. The molecule has 5 nitrogen and oxygen atoms in total. The van der Waals surface area contributed by atoms with Gasteiger partial charge in [0.25, 0.3) is 0 Å². The van der Waals surface area contributed by atoms with Gasteiger partial charge in [-0.2, -0.15) is 0 Å². The van der Waals surface area contributed by atoms with E-state index in [4.69, 9.17) is 9.16 Å². The molecule has 0 radical (unpaired) electrons. The average molecular weight is 439 g/mol. The third kappa shape index (κ3) is 4.85. The van der Waals surface area contributed by atoms with Crippen molar-refractivity contribution in [3.8, 4) is 16.9 Å². The van der Waals surface area contributed by atoms with Crippen molar-refractivity contribution in [2.24, 2.45) is 5.41 Å². The predicted molar refractivity (Wildman–Crippen MR) is 127 cm³/mol. The van der Waals surface area contributed by atoms with Crippen molar-refractivity contribution in [2.45, 2.75) is 65.7 Å². The van der Waals surface area contributed by atoms with Crippen LogP contribution in [-0.2, 0) is 22.1 Å². The summed E-state index contributed by atoms with van der Waals surface area (Å²) in [4.78, 5) is 18.8. The number of hydrogen-bond acceptors (Lipinski definition) is 4. The molecule has 1 aromatic carbocycles. The Kier molecular flexibility index (Phi) is 6.22. The molecule has 1 atom stereocenters. The van der Waals surface area contributed by atoms with Gasteiger partial charge in [0.15, 0.2) is 9.04 Å². The van der Waals surface area contributed by atoms with Crippen molar-refractivity contribution in [3.05, 3.63) is 41.7 Å². The maximum Gasteiger partial charge on any atom is 0.227 e. The second-order valence-corrected chi connectivity index (χ2v) is 12.4. The summed E-state index contributed by atoms with van der Waals surface area (Å²) in [7, 11) is -1.16. The van der Waals surface area contributed by atoms with Crippen molar-refractivity contribution in [1.29, 1.82) is 0 Å². The van der Waals surface area contributed by atoms with E-state index in [9.17, 15) is 4.79 Å². The Hall–Kier alpha value is -2.18. The summed E-state index contributed by atoms with van der Waals surface area (Å²) in [6.07, 6.45) is 7.19. The molecule has 2 aliphatic heterocycles. The zero-order chi connectivity index (χ0) is 22.2. The first-order valence-corrected chi connectivity index (χ1v) is 14.2. The molecule has 0 fully saturated rings. The van der Waals surface area contributed by atoms with Gasteiger partial charge < -0.3 is 14.1 Å². The van der Waals surface area contributed by atoms with Gasteiger partial charge in [0.1, 0.15) is 12.4 Å². The van der Waals surface area contributed by atoms with Gasteiger partial charge in [0.05, 0.1) is 18.0 Å². The van der Waals surface area contributed by atoms with Crippen LogP contribution in [-0.4, -0.2) is 39.2 Å². The Balaban J connectivity index is 1.57. The number of rotatable bonds is 6. The molecule has 2 aliphatic rings. The Labute approximate surface area is 187 Å². The topological polar surface area (TPSA) is 51.7 Å². The molecule has 0 spiro atoms. The van der Waals surface area contributed by atoms with Crippen LogP contribution < -0.4 is 9.64 Å². The molecule has 4 rings (SSSR count). The fourth-order valence-electron chi connectivity index (χ4n) is 4.47. The maximum atomic E-state index is 12.3. The molecular weight excluding hydrogens is 404 g/mol. The lowest BCUT2D eigenvalue weighted by molar-refractivity contribution is -0.119. The van der Waals surface area contributed by atoms with Crippen LogP contribution in [0.25, 0.3) is 11.1 Å². The largest absolute Gasteiger partial charge is 0.489 e. The van der Waals surface area contributed by atoms with Crippen LogP contribution in [0.2, 0.25) is 13.1 Å². The smallest absolute Gasteiger partial charge is 0.227 e. The van der Waals surface area contributed by atoms with Gasteiger partial charge >= 0.3 is 0 Å². The molecule has 0 aliphatic carbocycles. The van der Waals surface area contributed by atoms with Gasteiger partial charge in [-0.15, -0.1) is 0 Å². The number of nitrogens with zero attached hydrogens (tertiary/aromatic N) is 2. The number of carbonyl (C=O) groups is 1. The molecule has 1 aromatic heterocycles. The molecule has 31 heavy (non-hydrogen) atoms.